The van der Waals surface area contributed by atoms with Gasteiger partial charge < -0.3 is 4.74 Å². The maximum absolute atomic E-state index is 11.6. The topological polar surface area (TPSA) is 57.0 Å². The molecule has 0 N–H and O–H groups in total. The summed E-state index contributed by atoms with van der Waals surface area (Å²) < 4.78 is 6.70. The van der Waals surface area contributed by atoms with Crippen molar-refractivity contribution in [3.63, 3.8) is 0 Å². The lowest BCUT2D eigenvalue weighted by Gasteiger charge is -2.18. The van der Waals surface area contributed by atoms with Crippen LogP contribution in [0.4, 0.5) is 0 Å². The van der Waals surface area contributed by atoms with Crippen LogP contribution in [0.5, 0.6) is 0 Å². The number of aromatic nitrogens is 3. The van der Waals surface area contributed by atoms with Gasteiger partial charge in [0.15, 0.2) is 5.69 Å². The van der Waals surface area contributed by atoms with Crippen LogP contribution < -0.4 is 0 Å². The van der Waals surface area contributed by atoms with Crippen LogP contribution in [-0.4, -0.2) is 26.6 Å². The van der Waals surface area contributed by atoms with Crippen LogP contribution in [0.2, 0.25) is 0 Å². The molecule has 0 aliphatic rings. The predicted molar refractivity (Wildman–Crippen MR) is 50.9 cm³/mol. The first-order valence-corrected chi connectivity index (χ1v) is 4.41. The third kappa shape index (κ3) is 2.31. The molecule has 5 heteroatoms. The molecule has 0 radical (unpaired) electrons. The molecule has 0 amide bonds. The highest BCUT2D eigenvalue weighted by atomic mass is 16.6. The minimum Gasteiger partial charge on any atom is -0.455 e. The Balaban J connectivity index is 2.86. The second-order valence-corrected chi connectivity index (χ2v) is 4.15. The van der Waals surface area contributed by atoms with Gasteiger partial charge in [0.1, 0.15) is 5.60 Å². The molecule has 0 aliphatic heterocycles. The highest BCUT2D eigenvalue weighted by molar-refractivity contribution is 5.88. The van der Waals surface area contributed by atoms with E-state index < -0.39 is 11.6 Å². The summed E-state index contributed by atoms with van der Waals surface area (Å²) in [6.45, 7) is 7.23. The van der Waals surface area contributed by atoms with Crippen LogP contribution in [0, 0.1) is 6.92 Å². The van der Waals surface area contributed by atoms with E-state index in [1.807, 2.05) is 20.8 Å². The number of aryl methyl sites for hydroxylation is 1. The number of carbonyl (C=O) groups is 1. The average Bonchev–Trinajstić information content (AvgIpc) is 2.29. The summed E-state index contributed by atoms with van der Waals surface area (Å²) >= 11 is 0. The Bertz CT molecular complexity index is 349. The molecule has 0 aliphatic carbocycles. The number of esters is 1. The van der Waals surface area contributed by atoms with Crippen molar-refractivity contribution in [2.24, 2.45) is 7.05 Å². The molecule has 1 heterocycles. The Morgan fingerprint density at radius 1 is 1.43 bits per heavy atom. The van der Waals surface area contributed by atoms with Crippen molar-refractivity contribution in [2.75, 3.05) is 0 Å². The summed E-state index contributed by atoms with van der Waals surface area (Å²) in [5.74, 6) is -0.428. The molecule has 0 unspecified atom stereocenters. The lowest BCUT2D eigenvalue weighted by Crippen LogP contribution is -2.24. The summed E-state index contributed by atoms with van der Waals surface area (Å²) in [4.78, 5) is 11.6. The number of carbonyl (C=O) groups excluding carboxylic acids is 1. The van der Waals surface area contributed by atoms with E-state index >= 15 is 0 Å². The van der Waals surface area contributed by atoms with Crippen molar-refractivity contribution in [2.45, 2.75) is 33.3 Å². The maximum Gasteiger partial charge on any atom is 0.361 e. The van der Waals surface area contributed by atoms with Crippen LogP contribution in [0.1, 0.15) is 37.0 Å². The molecule has 0 fully saturated rings. The van der Waals surface area contributed by atoms with Crippen molar-refractivity contribution in [1.29, 1.82) is 0 Å². The van der Waals surface area contributed by atoms with E-state index in [1.54, 1.807) is 18.7 Å². The lowest BCUT2D eigenvalue weighted by atomic mass is 10.2. The van der Waals surface area contributed by atoms with Crippen LogP contribution in [0.15, 0.2) is 0 Å². The summed E-state index contributed by atoms with van der Waals surface area (Å²) in [5, 5.41) is 7.47. The summed E-state index contributed by atoms with van der Waals surface area (Å²) in [6, 6.07) is 0. The summed E-state index contributed by atoms with van der Waals surface area (Å²) in [6.07, 6.45) is 0. The van der Waals surface area contributed by atoms with Crippen LogP contribution >= 0.6 is 0 Å². The van der Waals surface area contributed by atoms with E-state index in [0.717, 1.165) is 0 Å². The fourth-order valence-corrected chi connectivity index (χ4v) is 0.919. The van der Waals surface area contributed by atoms with Crippen molar-refractivity contribution in [1.82, 2.24) is 15.0 Å². The van der Waals surface area contributed by atoms with Gasteiger partial charge in [0.25, 0.3) is 0 Å². The van der Waals surface area contributed by atoms with Crippen molar-refractivity contribution in [3.8, 4) is 0 Å². The molecule has 14 heavy (non-hydrogen) atoms. The Morgan fingerprint density at radius 3 is 2.36 bits per heavy atom. The zero-order valence-electron chi connectivity index (χ0n) is 9.16. The zero-order chi connectivity index (χ0) is 10.9. The lowest BCUT2D eigenvalue weighted by molar-refractivity contribution is 0.00619. The minimum absolute atomic E-state index is 0.280. The first-order chi connectivity index (χ1) is 6.31. The quantitative estimate of drug-likeness (QED) is 0.632. The van der Waals surface area contributed by atoms with E-state index in [0.29, 0.717) is 5.69 Å². The molecule has 1 aromatic rings. The number of ether oxygens (including phenoxy) is 1. The molecule has 0 saturated carbocycles. The molecular formula is C9H15N3O2. The van der Waals surface area contributed by atoms with Gasteiger partial charge in [-0.1, -0.05) is 5.21 Å². The monoisotopic (exact) mass is 197 g/mol. The van der Waals surface area contributed by atoms with Crippen molar-refractivity contribution in [3.05, 3.63) is 11.4 Å². The van der Waals surface area contributed by atoms with Crippen molar-refractivity contribution < 1.29 is 9.53 Å². The molecule has 5 nitrogen and oxygen atoms in total. The Labute approximate surface area is 83.1 Å². The second-order valence-electron chi connectivity index (χ2n) is 4.15. The molecule has 78 valence electrons. The van der Waals surface area contributed by atoms with E-state index in [-0.39, 0.29) is 5.69 Å². The predicted octanol–water partition coefficient (Wildman–Crippen LogP) is 1.08. The van der Waals surface area contributed by atoms with E-state index in [2.05, 4.69) is 10.3 Å². The first kappa shape index (κ1) is 10.7. The van der Waals surface area contributed by atoms with Crippen LogP contribution in [-0.2, 0) is 11.8 Å². The number of hydrogen-bond acceptors (Lipinski definition) is 4. The average molecular weight is 197 g/mol. The molecular weight excluding hydrogens is 182 g/mol. The third-order valence-corrected chi connectivity index (χ3v) is 1.70. The Morgan fingerprint density at radius 2 is 2.00 bits per heavy atom. The van der Waals surface area contributed by atoms with Gasteiger partial charge in [-0.15, -0.1) is 5.10 Å². The standard InChI is InChI=1S/C9H15N3O2/c1-6-7(10-11-12(6)5)8(13)14-9(2,3)4/h1-5H3. The van der Waals surface area contributed by atoms with Gasteiger partial charge in [-0.25, -0.2) is 4.79 Å². The third-order valence-electron chi connectivity index (χ3n) is 1.70. The van der Waals surface area contributed by atoms with Gasteiger partial charge in [0.2, 0.25) is 0 Å². The SMILES string of the molecule is Cc1c(C(=O)OC(C)(C)C)nnn1C. The van der Waals surface area contributed by atoms with Crippen LogP contribution in [0.3, 0.4) is 0 Å². The number of nitrogens with zero attached hydrogens (tertiary/aromatic N) is 3. The molecule has 0 bridgehead atoms. The molecule has 0 saturated heterocycles. The molecule has 1 aromatic heterocycles. The normalized spacial score (nSPS) is 11.5. The maximum atomic E-state index is 11.6. The number of rotatable bonds is 1. The van der Waals surface area contributed by atoms with Crippen molar-refractivity contribution >= 4 is 5.97 Å². The highest BCUT2D eigenvalue weighted by Crippen LogP contribution is 2.12. The first-order valence-electron chi connectivity index (χ1n) is 4.41. The molecule has 0 spiro atoms. The minimum atomic E-state index is -0.499. The van der Waals surface area contributed by atoms with Gasteiger partial charge in [-0.3, -0.25) is 4.68 Å². The van der Waals surface area contributed by atoms with Gasteiger partial charge in [0, 0.05) is 7.05 Å². The Hall–Kier alpha value is -1.39. The van der Waals surface area contributed by atoms with E-state index in [1.165, 1.54) is 0 Å². The molecule has 0 aromatic carbocycles. The van der Waals surface area contributed by atoms with E-state index in [4.69, 9.17) is 4.74 Å². The smallest absolute Gasteiger partial charge is 0.361 e. The fourth-order valence-electron chi connectivity index (χ4n) is 0.919. The highest BCUT2D eigenvalue weighted by Gasteiger charge is 2.22. The van der Waals surface area contributed by atoms with Gasteiger partial charge in [-0.2, -0.15) is 0 Å². The zero-order valence-corrected chi connectivity index (χ0v) is 9.16. The largest absolute Gasteiger partial charge is 0.455 e. The second kappa shape index (κ2) is 3.40. The summed E-state index contributed by atoms with van der Waals surface area (Å²) in [7, 11) is 1.73. The summed E-state index contributed by atoms with van der Waals surface area (Å²) in [5.41, 5.74) is 0.489. The van der Waals surface area contributed by atoms with E-state index in [9.17, 15) is 4.79 Å². The Kier molecular flexibility index (Phi) is 2.59. The molecule has 0 atom stereocenters. The molecule has 1 rings (SSSR count). The van der Waals surface area contributed by atoms with Gasteiger partial charge in [-0.05, 0) is 27.7 Å². The van der Waals surface area contributed by atoms with Gasteiger partial charge >= 0.3 is 5.97 Å². The number of hydrogen-bond donors (Lipinski definition) is 0. The van der Waals surface area contributed by atoms with Crippen LogP contribution in [0.25, 0.3) is 0 Å². The fraction of sp³-hybridized carbons (Fsp3) is 0.667. The van der Waals surface area contributed by atoms with Gasteiger partial charge in [0.05, 0.1) is 5.69 Å².